The van der Waals surface area contributed by atoms with Crippen molar-refractivity contribution in [2.75, 3.05) is 0 Å². The van der Waals surface area contributed by atoms with Crippen LogP contribution < -0.4 is 0 Å². The average Bonchev–Trinajstić information content (AvgIpc) is 3.46. The maximum Gasteiger partial charge on any atom is 2.00 e. The Kier molecular flexibility index (Phi) is 14.1. The van der Waals surface area contributed by atoms with E-state index >= 15 is 0 Å². The Bertz CT molecular complexity index is 847. The molecule has 9 heteroatoms. The smallest absolute Gasteiger partial charge is 0.507 e. The summed E-state index contributed by atoms with van der Waals surface area (Å²) in [6.07, 6.45) is 11.1. The summed E-state index contributed by atoms with van der Waals surface area (Å²) in [5.41, 5.74) is -2.00. The standard InChI is InChI=1S/2C7H5F3O.2C5H5.Zr/c2*8-7(9,10)5-3-1-2-4-6(5)11;2*1-2-4-5-3-1;/h2*1-4,11H;2*1-3H,4H2;/q;;2*-1;+2. The molecule has 0 saturated carbocycles. The van der Waals surface area contributed by atoms with E-state index in [1.807, 2.05) is 24.3 Å². The van der Waals surface area contributed by atoms with Gasteiger partial charge in [0.05, 0.1) is 11.1 Å². The molecule has 0 bridgehead atoms. The van der Waals surface area contributed by atoms with Crippen LogP contribution in [0.25, 0.3) is 0 Å². The van der Waals surface area contributed by atoms with Crippen molar-refractivity contribution in [1.29, 1.82) is 0 Å². The van der Waals surface area contributed by atoms with Gasteiger partial charge in [0.15, 0.2) is 0 Å². The molecule has 2 aromatic rings. The molecule has 0 aromatic heterocycles. The second kappa shape index (κ2) is 15.3. The van der Waals surface area contributed by atoms with E-state index in [1.165, 1.54) is 24.3 Å². The Morgan fingerprint density at radius 2 is 0.939 bits per heavy atom. The fourth-order valence-electron chi connectivity index (χ4n) is 2.11. The van der Waals surface area contributed by atoms with Crippen LogP contribution in [0.15, 0.2) is 85.0 Å². The van der Waals surface area contributed by atoms with Crippen LogP contribution in [-0.4, -0.2) is 10.2 Å². The van der Waals surface area contributed by atoms with E-state index < -0.39 is 35.0 Å². The zero-order chi connectivity index (χ0) is 24.0. The number of halogens is 6. The molecule has 2 aliphatic carbocycles. The van der Waals surface area contributed by atoms with E-state index in [2.05, 4.69) is 24.3 Å². The number of allylic oxidation sites excluding steroid dienone is 8. The summed E-state index contributed by atoms with van der Waals surface area (Å²) in [5.74, 6) is -1.47. The van der Waals surface area contributed by atoms with E-state index in [9.17, 15) is 26.3 Å². The minimum Gasteiger partial charge on any atom is -0.507 e. The van der Waals surface area contributed by atoms with Crippen LogP contribution >= 0.6 is 0 Å². The van der Waals surface area contributed by atoms with Gasteiger partial charge in [0.1, 0.15) is 11.5 Å². The van der Waals surface area contributed by atoms with Crippen molar-refractivity contribution in [3.8, 4) is 11.5 Å². The van der Waals surface area contributed by atoms with Crippen LogP contribution in [0.2, 0.25) is 0 Å². The van der Waals surface area contributed by atoms with Crippen molar-refractivity contribution in [2.45, 2.75) is 25.2 Å². The zero-order valence-electron chi connectivity index (χ0n) is 17.2. The summed E-state index contributed by atoms with van der Waals surface area (Å²) < 4.78 is 71.3. The number of alkyl halides is 6. The number of benzene rings is 2. The number of hydrogen-bond acceptors (Lipinski definition) is 2. The van der Waals surface area contributed by atoms with Gasteiger partial charge in [0.25, 0.3) is 0 Å². The number of aromatic hydroxyl groups is 2. The summed E-state index contributed by atoms with van der Waals surface area (Å²) in [5, 5.41) is 17.5. The zero-order valence-corrected chi connectivity index (χ0v) is 19.6. The Labute approximate surface area is 207 Å². The monoisotopic (exact) mass is 544 g/mol. The molecule has 0 saturated heterocycles. The number of hydrogen-bond donors (Lipinski definition) is 2. The number of phenols is 2. The van der Waals surface area contributed by atoms with Gasteiger partial charge in [0.2, 0.25) is 0 Å². The summed E-state index contributed by atoms with van der Waals surface area (Å²) in [6, 6.07) is 8.79. The van der Waals surface area contributed by atoms with Crippen molar-refractivity contribution in [2.24, 2.45) is 0 Å². The second-order valence-electron chi connectivity index (χ2n) is 6.04. The Hall–Kier alpha value is -2.54. The van der Waals surface area contributed by atoms with Crippen molar-refractivity contribution in [3.63, 3.8) is 0 Å². The summed E-state index contributed by atoms with van der Waals surface area (Å²) in [4.78, 5) is 0. The van der Waals surface area contributed by atoms with Crippen LogP contribution in [0.1, 0.15) is 24.0 Å². The largest absolute Gasteiger partial charge is 2.00 e. The van der Waals surface area contributed by atoms with E-state index in [0.29, 0.717) is 0 Å². The second-order valence-corrected chi connectivity index (χ2v) is 6.04. The number of para-hydroxylation sites is 2. The molecule has 2 aliphatic rings. The minimum atomic E-state index is -4.47. The Morgan fingerprint density at radius 3 is 1.09 bits per heavy atom. The van der Waals surface area contributed by atoms with Crippen LogP contribution in [0.4, 0.5) is 26.3 Å². The average molecular weight is 546 g/mol. The van der Waals surface area contributed by atoms with Gasteiger partial charge in [-0.15, -0.1) is 12.8 Å². The third-order valence-corrected chi connectivity index (χ3v) is 3.59. The van der Waals surface area contributed by atoms with Crippen molar-refractivity contribution in [3.05, 3.63) is 108 Å². The molecule has 33 heavy (non-hydrogen) atoms. The first kappa shape index (κ1) is 30.5. The number of phenolic OH excluding ortho intramolecular Hbond substituents is 2. The first-order valence-electron chi connectivity index (χ1n) is 9.17. The molecule has 0 unspecified atom stereocenters. The third kappa shape index (κ3) is 12.9. The molecule has 0 spiro atoms. The van der Waals surface area contributed by atoms with E-state index in [1.54, 1.807) is 0 Å². The molecule has 4 rings (SSSR count). The molecule has 174 valence electrons. The van der Waals surface area contributed by atoms with Crippen molar-refractivity contribution >= 4 is 0 Å². The van der Waals surface area contributed by atoms with Gasteiger partial charge < -0.3 is 10.2 Å². The van der Waals surface area contributed by atoms with Crippen LogP contribution in [-0.2, 0) is 38.6 Å². The molecular weight excluding hydrogens is 525 g/mol. The van der Waals surface area contributed by atoms with Crippen LogP contribution in [0, 0.1) is 12.2 Å². The maximum atomic E-state index is 11.9. The van der Waals surface area contributed by atoms with Gasteiger partial charge in [-0.05, 0) is 24.3 Å². The van der Waals surface area contributed by atoms with Gasteiger partial charge in [0, 0.05) is 0 Å². The Morgan fingerprint density at radius 1 is 0.606 bits per heavy atom. The minimum absolute atomic E-state index is 0. The van der Waals surface area contributed by atoms with Gasteiger partial charge in [-0.25, -0.2) is 24.3 Å². The number of rotatable bonds is 0. The van der Waals surface area contributed by atoms with Crippen molar-refractivity contribution < 1.29 is 62.8 Å². The van der Waals surface area contributed by atoms with Gasteiger partial charge in [-0.1, -0.05) is 24.3 Å². The molecule has 0 amide bonds. The normalized spacial score (nSPS) is 13.0. The van der Waals surface area contributed by atoms with Gasteiger partial charge in [-0.2, -0.15) is 38.5 Å². The molecule has 0 radical (unpaired) electrons. The van der Waals surface area contributed by atoms with E-state index in [0.717, 1.165) is 37.1 Å². The molecule has 0 aliphatic heterocycles. The summed E-state index contributed by atoms with van der Waals surface area (Å²) in [7, 11) is 0. The molecule has 0 atom stereocenters. The van der Waals surface area contributed by atoms with E-state index in [-0.39, 0.29) is 26.2 Å². The maximum absolute atomic E-state index is 11.9. The van der Waals surface area contributed by atoms with Crippen LogP contribution in [0.3, 0.4) is 0 Å². The van der Waals surface area contributed by atoms with Crippen molar-refractivity contribution in [1.82, 2.24) is 0 Å². The van der Waals surface area contributed by atoms with Gasteiger partial charge >= 0.3 is 38.6 Å². The molecule has 2 nitrogen and oxygen atoms in total. The molecule has 0 fully saturated rings. The molecule has 2 aromatic carbocycles. The first-order chi connectivity index (χ1) is 15.0. The van der Waals surface area contributed by atoms with Gasteiger partial charge in [-0.3, -0.25) is 12.2 Å². The third-order valence-electron chi connectivity index (χ3n) is 3.59. The fourth-order valence-corrected chi connectivity index (χ4v) is 2.11. The predicted molar refractivity (Wildman–Crippen MR) is 109 cm³/mol. The molecule has 2 N–H and O–H groups in total. The SMILES string of the molecule is Oc1ccccc1C(F)(F)F.Oc1ccccc1C(F)(F)F.[C-]1=CC=CC1.[C-]1=CC=CC1.[Zr+2]. The topological polar surface area (TPSA) is 40.5 Å². The predicted octanol–water partition coefficient (Wildman–Crippen LogP) is 7.43. The fraction of sp³-hybridized carbons (Fsp3) is 0.167. The Balaban J connectivity index is 0.000000434. The molecular formula is C24H20F6O2Zr. The summed E-state index contributed by atoms with van der Waals surface area (Å²) >= 11 is 0. The molecule has 0 heterocycles. The first-order valence-corrected chi connectivity index (χ1v) is 9.17. The van der Waals surface area contributed by atoms with E-state index in [4.69, 9.17) is 10.2 Å². The summed E-state index contributed by atoms with van der Waals surface area (Å²) in [6.45, 7) is 0. The quantitative estimate of drug-likeness (QED) is 0.267. The van der Waals surface area contributed by atoms with Crippen LogP contribution in [0.5, 0.6) is 11.5 Å².